The van der Waals surface area contributed by atoms with Gasteiger partial charge in [0.05, 0.1) is 17.7 Å². The number of nitriles is 1. The predicted octanol–water partition coefficient (Wildman–Crippen LogP) is 4.70. The minimum Gasteiger partial charge on any atom is -0.379 e. The van der Waals surface area contributed by atoms with Gasteiger partial charge >= 0.3 is 0 Å². The number of hydrogen-bond acceptors (Lipinski definition) is 6. The number of benzene rings is 1. The van der Waals surface area contributed by atoms with Crippen molar-refractivity contribution in [1.82, 2.24) is 5.06 Å². The van der Waals surface area contributed by atoms with Crippen LogP contribution >= 0.6 is 0 Å². The molecule has 1 heterocycles. The zero-order valence-corrected chi connectivity index (χ0v) is 19.0. The van der Waals surface area contributed by atoms with Crippen LogP contribution in [0.5, 0.6) is 0 Å². The van der Waals surface area contributed by atoms with E-state index in [4.69, 9.17) is 20.3 Å². The Morgan fingerprint density at radius 1 is 1.34 bits per heavy atom. The fourth-order valence-electron chi connectivity index (χ4n) is 5.34. The molecule has 4 rings (SSSR count). The van der Waals surface area contributed by atoms with Gasteiger partial charge in [0.1, 0.15) is 0 Å². The molecule has 0 aromatic heterocycles. The summed E-state index contributed by atoms with van der Waals surface area (Å²) in [5, 5.41) is 10.9. The molecule has 0 radical (unpaired) electrons. The molecule has 0 bridgehead atoms. The number of hydroxylamine groups is 2. The number of aliphatic imine (C=N–C) groups is 1. The maximum atomic E-state index is 9.34. The lowest BCUT2D eigenvalue weighted by Crippen LogP contribution is -2.52. The Kier molecular flexibility index (Phi) is 6.23. The third-order valence-electron chi connectivity index (χ3n) is 7.05. The first-order valence-corrected chi connectivity index (χ1v) is 11.4. The van der Waals surface area contributed by atoms with E-state index in [0.717, 1.165) is 61.8 Å². The van der Waals surface area contributed by atoms with Gasteiger partial charge in [-0.25, -0.2) is 14.9 Å². The van der Waals surface area contributed by atoms with E-state index in [0.29, 0.717) is 11.5 Å². The molecule has 0 saturated heterocycles. The van der Waals surface area contributed by atoms with Crippen molar-refractivity contribution in [2.75, 3.05) is 13.7 Å². The maximum absolute atomic E-state index is 9.34. The Bertz CT molecular complexity index is 1010. The number of allylic oxidation sites excluding steroid dienone is 3. The van der Waals surface area contributed by atoms with E-state index < -0.39 is 5.72 Å². The molecule has 1 aliphatic heterocycles. The number of guanidine groups is 1. The average molecular weight is 433 g/mol. The number of fused-ring (bicyclic) bond motifs is 1. The number of hydrogen-bond donors (Lipinski definition) is 1. The summed E-state index contributed by atoms with van der Waals surface area (Å²) in [6, 6.07) is 9.85. The molecule has 6 heteroatoms. The van der Waals surface area contributed by atoms with Gasteiger partial charge in [-0.3, -0.25) is 0 Å². The first-order chi connectivity index (χ1) is 15.4. The predicted molar refractivity (Wildman–Crippen MR) is 126 cm³/mol. The highest BCUT2D eigenvalue weighted by molar-refractivity contribution is 5.81. The highest BCUT2D eigenvalue weighted by Gasteiger charge is 2.58. The van der Waals surface area contributed by atoms with Gasteiger partial charge in [-0.15, -0.1) is 0 Å². The molecule has 0 amide bonds. The van der Waals surface area contributed by atoms with Crippen LogP contribution in [0.3, 0.4) is 0 Å². The second-order valence-corrected chi connectivity index (χ2v) is 8.90. The second-order valence-electron chi connectivity index (χ2n) is 8.90. The standard InChI is InChI=1S/C26H32N4O2/c1-4-31-23-11-14-25(15-12-23)13-6-5-9-21(22-10-7-8-20(17-22)18-27)16-19(2)26(25)29-24(28)30(3)32-26/h5,7-10,16-17,23H,2,4,6,11-15H2,1,3H3,(H2,28,29)/b9-5-,21-16+/t23-,25-,26?. The highest BCUT2D eigenvalue weighted by Crippen LogP contribution is 2.56. The summed E-state index contributed by atoms with van der Waals surface area (Å²) in [5.74, 6) is 0.367. The molecule has 2 aliphatic carbocycles. The summed E-state index contributed by atoms with van der Waals surface area (Å²) < 4.78 is 5.93. The molecule has 2 spiro atoms. The Morgan fingerprint density at radius 3 is 2.78 bits per heavy atom. The number of rotatable bonds is 3. The molecule has 1 atom stereocenters. The smallest absolute Gasteiger partial charge is 0.219 e. The van der Waals surface area contributed by atoms with E-state index in [1.54, 1.807) is 12.1 Å². The summed E-state index contributed by atoms with van der Waals surface area (Å²) in [6.07, 6.45) is 12.3. The highest BCUT2D eigenvalue weighted by atomic mass is 16.7. The van der Waals surface area contributed by atoms with Crippen LogP contribution in [-0.4, -0.2) is 36.5 Å². The Hall–Kier alpha value is -2.88. The minimum atomic E-state index is -0.951. The summed E-state index contributed by atoms with van der Waals surface area (Å²) in [7, 11) is 1.80. The van der Waals surface area contributed by atoms with E-state index in [2.05, 4.69) is 24.8 Å². The van der Waals surface area contributed by atoms with Crippen LogP contribution in [-0.2, 0) is 9.57 Å². The van der Waals surface area contributed by atoms with Gasteiger partial charge in [0.25, 0.3) is 0 Å². The van der Waals surface area contributed by atoms with Crippen LogP contribution in [0.2, 0.25) is 0 Å². The van der Waals surface area contributed by atoms with Crippen molar-refractivity contribution in [1.29, 1.82) is 5.26 Å². The van der Waals surface area contributed by atoms with Gasteiger partial charge in [0.15, 0.2) is 0 Å². The lowest BCUT2D eigenvalue weighted by atomic mass is 9.62. The van der Waals surface area contributed by atoms with Crippen LogP contribution in [0.1, 0.15) is 56.6 Å². The first kappa shape index (κ1) is 22.3. The van der Waals surface area contributed by atoms with Gasteiger partial charge in [-0.05, 0) is 74.8 Å². The quantitative estimate of drug-likeness (QED) is 0.748. The summed E-state index contributed by atoms with van der Waals surface area (Å²) in [5.41, 5.74) is 8.42. The number of nitrogens with zero attached hydrogens (tertiary/aromatic N) is 3. The molecule has 6 nitrogen and oxygen atoms in total. The summed E-state index contributed by atoms with van der Waals surface area (Å²) in [6.45, 7) is 7.24. The largest absolute Gasteiger partial charge is 0.379 e. The fraction of sp³-hybridized carbons (Fsp3) is 0.462. The van der Waals surface area contributed by atoms with Crippen molar-refractivity contribution in [3.63, 3.8) is 0 Å². The molecule has 1 aromatic carbocycles. The minimum absolute atomic E-state index is 0.224. The van der Waals surface area contributed by atoms with Crippen molar-refractivity contribution in [3.8, 4) is 6.07 Å². The SMILES string of the molecule is C=C1/C=C(c2cccc(C#N)c2)\C=C/CC[C@]2(CC[C@@H](OCC)CC2)C12N=C(N)N(C)O2. The van der Waals surface area contributed by atoms with Gasteiger partial charge in [-0.1, -0.05) is 30.9 Å². The van der Waals surface area contributed by atoms with E-state index in [1.165, 1.54) is 0 Å². The van der Waals surface area contributed by atoms with Crippen LogP contribution in [0.4, 0.5) is 0 Å². The van der Waals surface area contributed by atoms with Crippen molar-refractivity contribution in [2.24, 2.45) is 16.1 Å². The number of ether oxygens (including phenoxy) is 1. The van der Waals surface area contributed by atoms with Crippen LogP contribution in [0, 0.1) is 16.7 Å². The van der Waals surface area contributed by atoms with Crippen LogP contribution in [0.15, 0.2) is 59.6 Å². The van der Waals surface area contributed by atoms with Gasteiger partial charge < -0.3 is 10.5 Å². The molecule has 32 heavy (non-hydrogen) atoms. The Morgan fingerprint density at radius 2 is 2.12 bits per heavy atom. The summed E-state index contributed by atoms with van der Waals surface area (Å²) >= 11 is 0. The van der Waals surface area contributed by atoms with Gasteiger partial charge in [0.2, 0.25) is 11.7 Å². The first-order valence-electron chi connectivity index (χ1n) is 11.4. The molecule has 2 N–H and O–H groups in total. The third kappa shape index (κ3) is 3.87. The molecule has 168 valence electrons. The zero-order valence-electron chi connectivity index (χ0n) is 19.0. The lowest BCUT2D eigenvalue weighted by Gasteiger charge is -2.49. The Labute approximate surface area is 190 Å². The molecule has 3 aliphatic rings. The third-order valence-corrected chi connectivity index (χ3v) is 7.05. The molecular formula is C26H32N4O2. The molecule has 1 aromatic rings. The molecule has 1 saturated carbocycles. The Balaban J connectivity index is 1.78. The average Bonchev–Trinajstić information content (AvgIpc) is 3.14. The van der Waals surface area contributed by atoms with Crippen molar-refractivity contribution in [2.45, 2.75) is 57.3 Å². The van der Waals surface area contributed by atoms with Crippen LogP contribution in [0.25, 0.3) is 5.57 Å². The van der Waals surface area contributed by atoms with Gasteiger partial charge in [-0.2, -0.15) is 5.26 Å². The molecule has 1 unspecified atom stereocenters. The maximum Gasteiger partial charge on any atom is 0.219 e. The second kappa shape index (κ2) is 8.93. The fourth-order valence-corrected chi connectivity index (χ4v) is 5.34. The van der Waals surface area contributed by atoms with Crippen molar-refractivity contribution in [3.05, 3.63) is 65.8 Å². The lowest BCUT2D eigenvalue weighted by molar-refractivity contribution is -0.214. The van der Waals surface area contributed by atoms with Crippen molar-refractivity contribution >= 4 is 11.5 Å². The number of nitrogens with two attached hydrogens (primary N) is 1. The van der Waals surface area contributed by atoms with E-state index in [9.17, 15) is 5.26 Å². The van der Waals surface area contributed by atoms with E-state index in [1.807, 2.05) is 37.3 Å². The normalized spacial score (nSPS) is 33.1. The zero-order chi connectivity index (χ0) is 22.8. The molecule has 1 fully saturated rings. The summed E-state index contributed by atoms with van der Waals surface area (Å²) in [4.78, 5) is 11.4. The topological polar surface area (TPSA) is 83.9 Å². The van der Waals surface area contributed by atoms with Crippen LogP contribution < -0.4 is 5.73 Å². The van der Waals surface area contributed by atoms with Gasteiger partial charge in [0, 0.05) is 24.6 Å². The van der Waals surface area contributed by atoms with Crippen molar-refractivity contribution < 1.29 is 9.57 Å². The monoisotopic (exact) mass is 432 g/mol. The van der Waals surface area contributed by atoms with E-state index in [-0.39, 0.29) is 11.5 Å². The van der Waals surface area contributed by atoms with E-state index >= 15 is 0 Å². The molecular weight excluding hydrogens is 400 g/mol.